The van der Waals surface area contributed by atoms with Crippen LogP contribution < -0.4 is 10.9 Å². The van der Waals surface area contributed by atoms with Gasteiger partial charge in [0.2, 0.25) is 0 Å². The number of nitrogens with zero attached hydrogens (tertiary/aromatic N) is 4. The molecule has 0 bridgehead atoms. The maximum atomic E-state index is 9.70. The zero-order chi connectivity index (χ0) is 10.4. The number of nitrogens with one attached hydrogen (secondary N) is 2. The van der Waals surface area contributed by atoms with Gasteiger partial charge >= 0.3 is 5.96 Å². The second-order valence-electron chi connectivity index (χ2n) is 1.42. The van der Waals surface area contributed by atoms with Crippen LogP contribution in [-0.2, 0) is 0 Å². The summed E-state index contributed by atoms with van der Waals surface area (Å²) in [4.78, 5) is 29.1. The van der Waals surface area contributed by atoms with E-state index in [1.165, 1.54) is 0 Å². The zero-order valence-electron chi connectivity index (χ0n) is 5.74. The molecule has 0 aliphatic carbocycles. The second kappa shape index (κ2) is 4.37. The maximum Gasteiger partial charge on any atom is 0.387 e. The molecule has 0 rings (SSSR count). The van der Waals surface area contributed by atoms with Gasteiger partial charge in [-0.05, 0) is 0 Å². The smallest absolute Gasteiger partial charge is 0.234 e. The molecule has 0 atom stereocenters. The topological polar surface area (TPSA) is 166 Å². The third-order valence-corrected chi connectivity index (χ3v) is 0.576. The lowest BCUT2D eigenvalue weighted by atomic mass is 11.0. The summed E-state index contributed by atoms with van der Waals surface area (Å²) < 4.78 is 0. The minimum atomic E-state index is -1.33. The van der Waals surface area contributed by atoms with E-state index in [1.807, 2.05) is 0 Å². The zero-order valence-corrected chi connectivity index (χ0v) is 5.74. The Morgan fingerprint density at radius 3 is 1.62 bits per heavy atom. The molecule has 0 saturated heterocycles. The van der Waals surface area contributed by atoms with Gasteiger partial charge in [0.25, 0.3) is 0 Å². The number of hydrogen-bond acceptors (Lipinski definition) is 6. The molecule has 0 aromatic carbocycles. The molecule has 0 aliphatic rings. The van der Waals surface area contributed by atoms with Crippen molar-refractivity contribution in [2.24, 2.45) is 5.10 Å². The van der Waals surface area contributed by atoms with Crippen LogP contribution in [0.25, 0.3) is 0 Å². The molecule has 0 heterocycles. The molecule has 12 heteroatoms. The average Bonchev–Trinajstić information content (AvgIpc) is 1.80. The Balaban J connectivity index is 4.45. The highest BCUT2D eigenvalue weighted by Gasteiger charge is 2.15. The van der Waals surface area contributed by atoms with Crippen molar-refractivity contribution in [2.75, 3.05) is 0 Å². The molecular formula is CH2N6O6. The van der Waals surface area contributed by atoms with Crippen molar-refractivity contribution in [3.05, 3.63) is 30.3 Å². The number of hydrazine groups is 2. The van der Waals surface area contributed by atoms with E-state index in [-0.39, 0.29) is 0 Å². The fourth-order valence-electron chi connectivity index (χ4n) is 0.324. The van der Waals surface area contributed by atoms with Crippen molar-refractivity contribution < 1.29 is 15.1 Å². The summed E-state index contributed by atoms with van der Waals surface area (Å²) in [6.45, 7) is 0. The Bertz CT molecular complexity index is 250. The van der Waals surface area contributed by atoms with Crippen LogP contribution in [0.1, 0.15) is 0 Å². The highest BCUT2D eigenvalue weighted by Crippen LogP contribution is 1.73. The van der Waals surface area contributed by atoms with E-state index in [9.17, 15) is 30.3 Å². The Morgan fingerprint density at radius 2 is 1.38 bits per heavy atom. The van der Waals surface area contributed by atoms with Crippen LogP contribution in [0.5, 0.6) is 0 Å². The van der Waals surface area contributed by atoms with Crippen LogP contribution in [0.3, 0.4) is 0 Å². The normalized spacial score (nSPS) is 8.31. The molecule has 72 valence electrons. The van der Waals surface area contributed by atoms with Crippen molar-refractivity contribution in [1.82, 2.24) is 10.9 Å². The minimum absolute atomic E-state index is 1.12. The van der Waals surface area contributed by atoms with Gasteiger partial charge in [-0.1, -0.05) is 10.9 Å². The van der Waals surface area contributed by atoms with Gasteiger partial charge in [0, 0.05) is 0 Å². The average molecular weight is 194 g/mol. The Labute approximate surface area is 68.6 Å². The standard InChI is InChI=1S/CH2N6O6/c8-5(9)2-1(3-6(10)11)4-7(12)13/h(H2,2,3,4). The molecule has 0 aromatic heterocycles. The van der Waals surface area contributed by atoms with Gasteiger partial charge in [-0.2, -0.15) is 0 Å². The van der Waals surface area contributed by atoms with E-state index in [0.29, 0.717) is 0 Å². The molecule has 0 saturated carbocycles. The summed E-state index contributed by atoms with van der Waals surface area (Å²) in [7, 11) is 0. The summed E-state index contributed by atoms with van der Waals surface area (Å²) in [6.07, 6.45) is 0. The summed E-state index contributed by atoms with van der Waals surface area (Å²) in [5.41, 5.74) is 2.24. The van der Waals surface area contributed by atoms with Gasteiger partial charge in [0.05, 0.1) is 0 Å². The Hall–Kier alpha value is -2.53. The summed E-state index contributed by atoms with van der Waals surface area (Å²) in [5, 5.41) is 27.6. The lowest BCUT2D eigenvalue weighted by Crippen LogP contribution is -2.43. The van der Waals surface area contributed by atoms with Crippen LogP contribution in [0.15, 0.2) is 5.10 Å². The van der Waals surface area contributed by atoms with E-state index in [4.69, 9.17) is 0 Å². The number of nitro groups is 3. The third-order valence-electron chi connectivity index (χ3n) is 0.576. The molecule has 13 heavy (non-hydrogen) atoms. The first-order valence-corrected chi connectivity index (χ1v) is 2.47. The van der Waals surface area contributed by atoms with Gasteiger partial charge in [-0.25, -0.2) is 30.3 Å². The van der Waals surface area contributed by atoms with Gasteiger partial charge in [0.15, 0.2) is 15.1 Å². The first kappa shape index (κ1) is 10.5. The number of guanidine groups is 1. The van der Waals surface area contributed by atoms with E-state index in [2.05, 4.69) is 5.10 Å². The van der Waals surface area contributed by atoms with Crippen molar-refractivity contribution in [2.45, 2.75) is 0 Å². The van der Waals surface area contributed by atoms with Gasteiger partial charge < -0.3 is 0 Å². The summed E-state index contributed by atoms with van der Waals surface area (Å²) >= 11 is 0. The fraction of sp³-hybridized carbons (Fsp3) is 0. The van der Waals surface area contributed by atoms with Crippen LogP contribution in [0.4, 0.5) is 0 Å². The number of hydrazone groups is 1. The highest BCUT2D eigenvalue weighted by molar-refractivity contribution is 5.76. The highest BCUT2D eigenvalue weighted by atomic mass is 16.7. The minimum Gasteiger partial charge on any atom is -0.234 e. The van der Waals surface area contributed by atoms with Crippen LogP contribution >= 0.6 is 0 Å². The number of hydrogen-bond donors (Lipinski definition) is 2. The van der Waals surface area contributed by atoms with Crippen LogP contribution in [-0.4, -0.2) is 21.1 Å². The van der Waals surface area contributed by atoms with Gasteiger partial charge in [-0.3, -0.25) is 0 Å². The molecule has 0 spiro atoms. The van der Waals surface area contributed by atoms with Gasteiger partial charge in [0.1, 0.15) is 5.10 Å². The quantitative estimate of drug-likeness (QED) is 0.227. The first-order valence-electron chi connectivity index (χ1n) is 2.47. The molecule has 2 N–H and O–H groups in total. The Morgan fingerprint density at radius 1 is 1.00 bits per heavy atom. The summed E-state index contributed by atoms with van der Waals surface area (Å²) in [6, 6.07) is 0. The second-order valence-corrected chi connectivity index (χ2v) is 1.42. The molecular weight excluding hydrogens is 192 g/mol. The predicted molar refractivity (Wildman–Crippen MR) is 34.7 cm³/mol. The molecule has 0 amide bonds. The van der Waals surface area contributed by atoms with Gasteiger partial charge in [-0.15, -0.1) is 0 Å². The number of rotatable bonds is 3. The van der Waals surface area contributed by atoms with E-state index in [0.717, 1.165) is 10.9 Å². The molecule has 0 radical (unpaired) electrons. The van der Waals surface area contributed by atoms with E-state index >= 15 is 0 Å². The van der Waals surface area contributed by atoms with Crippen molar-refractivity contribution in [1.29, 1.82) is 0 Å². The lowest BCUT2D eigenvalue weighted by molar-refractivity contribution is -0.554. The van der Waals surface area contributed by atoms with Crippen molar-refractivity contribution in [3.8, 4) is 0 Å². The summed E-state index contributed by atoms with van der Waals surface area (Å²) in [5.74, 6) is -1.19. The van der Waals surface area contributed by atoms with Crippen LogP contribution in [0.2, 0.25) is 0 Å². The lowest BCUT2D eigenvalue weighted by Gasteiger charge is -1.93. The maximum absolute atomic E-state index is 9.70. The van der Waals surface area contributed by atoms with E-state index in [1.54, 1.807) is 0 Å². The SMILES string of the molecule is O=[N+]([O-])N=C(N[N+](=O)[O-])N[N+](=O)[O-]. The predicted octanol–water partition coefficient (Wildman–Crippen LogP) is -1.90. The largest absolute Gasteiger partial charge is 0.387 e. The fourth-order valence-corrected chi connectivity index (χ4v) is 0.324. The molecule has 12 nitrogen and oxygen atoms in total. The first-order chi connectivity index (χ1) is 5.91. The molecule has 0 unspecified atom stereocenters. The van der Waals surface area contributed by atoms with Crippen molar-refractivity contribution in [3.63, 3.8) is 0 Å². The van der Waals surface area contributed by atoms with Crippen LogP contribution in [0, 0.1) is 30.3 Å². The monoisotopic (exact) mass is 194 g/mol. The van der Waals surface area contributed by atoms with E-state index < -0.39 is 21.1 Å². The Kier molecular flexibility index (Phi) is 3.52. The van der Waals surface area contributed by atoms with Crippen molar-refractivity contribution >= 4 is 5.96 Å². The molecule has 0 fully saturated rings. The molecule has 0 aliphatic heterocycles. The molecule has 0 aromatic rings. The third kappa shape index (κ3) is 5.89.